The highest BCUT2D eigenvalue weighted by atomic mass is 16.5. The summed E-state index contributed by atoms with van der Waals surface area (Å²) in [5.41, 5.74) is 0. The predicted octanol–water partition coefficient (Wildman–Crippen LogP) is 2.68. The highest BCUT2D eigenvalue weighted by Crippen LogP contribution is 2.11. The molecule has 2 nitrogen and oxygen atoms in total. The van der Waals surface area contributed by atoms with E-state index in [1.807, 2.05) is 30.3 Å². The number of benzene rings is 1. The van der Waals surface area contributed by atoms with Crippen LogP contribution in [-0.2, 0) is 4.79 Å². The van der Waals surface area contributed by atoms with Crippen molar-refractivity contribution in [1.82, 2.24) is 0 Å². The van der Waals surface area contributed by atoms with Gasteiger partial charge >= 0.3 is 0 Å². The number of carbonyl (C=O) groups is 1. The van der Waals surface area contributed by atoms with Crippen LogP contribution in [0.5, 0.6) is 5.75 Å². The first-order valence-electron chi connectivity index (χ1n) is 5.00. The number of aldehydes is 1. The van der Waals surface area contributed by atoms with E-state index in [2.05, 4.69) is 6.92 Å². The van der Waals surface area contributed by atoms with E-state index in [-0.39, 0.29) is 5.92 Å². The summed E-state index contributed by atoms with van der Waals surface area (Å²) in [5, 5.41) is 0. The molecule has 0 fully saturated rings. The molecule has 0 heterocycles. The van der Waals surface area contributed by atoms with Crippen LogP contribution in [0.1, 0.15) is 19.8 Å². The number of hydrogen-bond acceptors (Lipinski definition) is 2. The molecule has 76 valence electrons. The van der Waals surface area contributed by atoms with E-state index in [9.17, 15) is 4.79 Å². The van der Waals surface area contributed by atoms with Crippen molar-refractivity contribution in [2.75, 3.05) is 6.61 Å². The predicted molar refractivity (Wildman–Crippen MR) is 56.4 cm³/mol. The van der Waals surface area contributed by atoms with Gasteiger partial charge in [0.25, 0.3) is 0 Å². The monoisotopic (exact) mass is 192 g/mol. The third kappa shape index (κ3) is 3.60. The normalized spacial score (nSPS) is 12.1. The molecule has 2 heteroatoms. The number of carbonyl (C=O) groups excluding carboxylic acids is 1. The van der Waals surface area contributed by atoms with Gasteiger partial charge in [-0.1, -0.05) is 31.5 Å². The number of ether oxygens (including phenoxy) is 1. The Morgan fingerprint density at radius 3 is 2.64 bits per heavy atom. The van der Waals surface area contributed by atoms with Crippen LogP contribution in [0, 0.1) is 5.92 Å². The topological polar surface area (TPSA) is 26.3 Å². The van der Waals surface area contributed by atoms with Crippen LogP contribution in [0.15, 0.2) is 30.3 Å². The van der Waals surface area contributed by atoms with Crippen LogP contribution in [0.4, 0.5) is 0 Å². The molecular weight excluding hydrogens is 176 g/mol. The lowest BCUT2D eigenvalue weighted by Crippen LogP contribution is -2.13. The summed E-state index contributed by atoms with van der Waals surface area (Å²) >= 11 is 0. The molecule has 0 amide bonds. The van der Waals surface area contributed by atoms with Crippen LogP contribution in [-0.4, -0.2) is 12.9 Å². The van der Waals surface area contributed by atoms with E-state index in [1.165, 1.54) is 0 Å². The second kappa shape index (κ2) is 6.19. The third-order valence-corrected chi connectivity index (χ3v) is 2.06. The average Bonchev–Trinajstić information content (AvgIpc) is 2.25. The standard InChI is InChI=1S/C12H16O2/c1-2-6-11(9-13)10-14-12-7-4-3-5-8-12/h3-5,7-9,11H,2,6,10H2,1H3. The molecule has 1 unspecified atom stereocenters. The molecule has 0 saturated carbocycles. The Bertz CT molecular complexity index is 256. The van der Waals surface area contributed by atoms with Crippen LogP contribution < -0.4 is 4.74 Å². The quantitative estimate of drug-likeness (QED) is 0.648. The third-order valence-electron chi connectivity index (χ3n) is 2.06. The first kappa shape index (κ1) is 10.8. The molecule has 0 aromatic heterocycles. The Kier molecular flexibility index (Phi) is 4.76. The Balaban J connectivity index is 2.35. The van der Waals surface area contributed by atoms with Gasteiger partial charge in [-0.2, -0.15) is 0 Å². The van der Waals surface area contributed by atoms with Crippen molar-refractivity contribution in [1.29, 1.82) is 0 Å². The molecule has 1 rings (SSSR count). The molecule has 0 spiro atoms. The van der Waals surface area contributed by atoms with Crippen molar-refractivity contribution in [3.05, 3.63) is 30.3 Å². The molecular formula is C12H16O2. The van der Waals surface area contributed by atoms with Gasteiger partial charge < -0.3 is 9.53 Å². The molecule has 1 aromatic rings. The minimum Gasteiger partial charge on any atom is -0.493 e. The summed E-state index contributed by atoms with van der Waals surface area (Å²) in [7, 11) is 0. The van der Waals surface area contributed by atoms with Gasteiger partial charge in [0.05, 0.1) is 6.61 Å². The first-order chi connectivity index (χ1) is 6.86. The van der Waals surface area contributed by atoms with Gasteiger partial charge in [0.15, 0.2) is 0 Å². The van der Waals surface area contributed by atoms with Crippen molar-refractivity contribution in [2.45, 2.75) is 19.8 Å². The highest BCUT2D eigenvalue weighted by Gasteiger charge is 2.06. The summed E-state index contributed by atoms with van der Waals surface area (Å²) in [4.78, 5) is 10.6. The van der Waals surface area contributed by atoms with E-state index in [4.69, 9.17) is 4.74 Å². The first-order valence-corrected chi connectivity index (χ1v) is 5.00. The maximum atomic E-state index is 10.6. The zero-order chi connectivity index (χ0) is 10.2. The Hall–Kier alpha value is -1.31. The Morgan fingerprint density at radius 1 is 1.36 bits per heavy atom. The fourth-order valence-corrected chi connectivity index (χ4v) is 1.28. The molecule has 0 N–H and O–H groups in total. The van der Waals surface area contributed by atoms with E-state index < -0.39 is 0 Å². The smallest absolute Gasteiger partial charge is 0.126 e. The summed E-state index contributed by atoms with van der Waals surface area (Å²) in [6.07, 6.45) is 2.89. The lowest BCUT2D eigenvalue weighted by Gasteiger charge is -2.10. The van der Waals surface area contributed by atoms with Crippen molar-refractivity contribution in [2.24, 2.45) is 5.92 Å². The lowest BCUT2D eigenvalue weighted by molar-refractivity contribution is -0.112. The van der Waals surface area contributed by atoms with Crippen molar-refractivity contribution < 1.29 is 9.53 Å². The number of rotatable bonds is 6. The highest BCUT2D eigenvalue weighted by molar-refractivity contribution is 5.53. The van der Waals surface area contributed by atoms with Crippen molar-refractivity contribution in [3.8, 4) is 5.75 Å². The maximum Gasteiger partial charge on any atom is 0.126 e. The van der Waals surface area contributed by atoms with Gasteiger partial charge in [-0.15, -0.1) is 0 Å². The molecule has 14 heavy (non-hydrogen) atoms. The summed E-state index contributed by atoms with van der Waals surface area (Å²) in [6, 6.07) is 9.58. The zero-order valence-corrected chi connectivity index (χ0v) is 8.48. The molecule has 0 saturated heterocycles. The average molecular weight is 192 g/mol. The van der Waals surface area contributed by atoms with Gasteiger partial charge in [-0.25, -0.2) is 0 Å². The van der Waals surface area contributed by atoms with Gasteiger partial charge in [-0.05, 0) is 18.6 Å². The van der Waals surface area contributed by atoms with E-state index in [1.54, 1.807) is 0 Å². The van der Waals surface area contributed by atoms with Gasteiger partial charge in [0, 0.05) is 5.92 Å². The van der Waals surface area contributed by atoms with Gasteiger partial charge in [0.2, 0.25) is 0 Å². The van der Waals surface area contributed by atoms with Gasteiger partial charge in [0.1, 0.15) is 12.0 Å². The van der Waals surface area contributed by atoms with Crippen LogP contribution >= 0.6 is 0 Å². The van der Waals surface area contributed by atoms with Crippen LogP contribution in [0.25, 0.3) is 0 Å². The molecule has 0 bridgehead atoms. The fraction of sp³-hybridized carbons (Fsp3) is 0.417. The molecule has 0 aliphatic rings. The maximum absolute atomic E-state index is 10.6. The van der Waals surface area contributed by atoms with E-state index >= 15 is 0 Å². The summed E-state index contributed by atoms with van der Waals surface area (Å²) in [6.45, 7) is 2.56. The molecule has 0 radical (unpaired) electrons. The Labute approximate surface area is 84.9 Å². The SMILES string of the molecule is CCCC(C=O)COc1ccccc1. The summed E-state index contributed by atoms with van der Waals surface area (Å²) in [5.74, 6) is 0.857. The molecule has 0 aliphatic heterocycles. The Morgan fingerprint density at radius 2 is 2.07 bits per heavy atom. The largest absolute Gasteiger partial charge is 0.493 e. The summed E-state index contributed by atoms with van der Waals surface area (Å²) < 4.78 is 5.48. The zero-order valence-electron chi connectivity index (χ0n) is 8.48. The number of para-hydroxylation sites is 1. The van der Waals surface area contributed by atoms with Gasteiger partial charge in [-0.3, -0.25) is 0 Å². The molecule has 1 aromatic carbocycles. The van der Waals surface area contributed by atoms with Crippen LogP contribution in [0.2, 0.25) is 0 Å². The van der Waals surface area contributed by atoms with Crippen molar-refractivity contribution in [3.63, 3.8) is 0 Å². The van der Waals surface area contributed by atoms with Crippen LogP contribution in [0.3, 0.4) is 0 Å². The van der Waals surface area contributed by atoms with Crippen molar-refractivity contribution >= 4 is 6.29 Å². The minimum atomic E-state index is 0.0280. The lowest BCUT2D eigenvalue weighted by atomic mass is 10.1. The molecule has 0 aliphatic carbocycles. The second-order valence-corrected chi connectivity index (χ2v) is 3.31. The van der Waals surface area contributed by atoms with E-state index in [0.29, 0.717) is 6.61 Å². The molecule has 1 atom stereocenters. The fourth-order valence-electron chi connectivity index (χ4n) is 1.28. The minimum absolute atomic E-state index is 0.0280. The number of hydrogen-bond donors (Lipinski definition) is 0. The second-order valence-electron chi connectivity index (χ2n) is 3.31. The van der Waals surface area contributed by atoms with E-state index in [0.717, 1.165) is 24.9 Å².